The molecule has 0 radical (unpaired) electrons. The topological polar surface area (TPSA) is 98.0 Å². The van der Waals surface area contributed by atoms with Gasteiger partial charge in [0.2, 0.25) is 0 Å². The van der Waals surface area contributed by atoms with Gasteiger partial charge in [-0.3, -0.25) is 4.79 Å². The van der Waals surface area contributed by atoms with E-state index in [-0.39, 0.29) is 23.7 Å². The molecule has 1 fully saturated rings. The maximum absolute atomic E-state index is 10.5. The van der Waals surface area contributed by atoms with E-state index in [1.807, 2.05) is 12.2 Å². The van der Waals surface area contributed by atoms with Crippen LogP contribution in [0.15, 0.2) is 12.2 Å². The third-order valence-corrected chi connectivity index (χ3v) is 5.88. The Bertz CT molecular complexity index is 374. The largest absolute Gasteiger partial charge is 0.481 e. The summed E-state index contributed by atoms with van der Waals surface area (Å²) in [6.07, 6.45) is 6.67. The summed E-state index contributed by atoms with van der Waals surface area (Å²) in [4.78, 5) is 10.5. The van der Waals surface area contributed by atoms with Gasteiger partial charge in [0.15, 0.2) is 0 Å². The molecular weight excluding hydrogens is 316 g/mol. The van der Waals surface area contributed by atoms with Gasteiger partial charge in [-0.05, 0) is 19.3 Å². The fourth-order valence-corrected chi connectivity index (χ4v) is 4.39. The lowest BCUT2D eigenvalue weighted by atomic mass is 10.0. The van der Waals surface area contributed by atoms with Gasteiger partial charge in [0.1, 0.15) is 0 Å². The lowest BCUT2D eigenvalue weighted by Gasteiger charge is -2.23. The van der Waals surface area contributed by atoms with Crippen molar-refractivity contribution in [2.75, 3.05) is 5.75 Å². The Kier molecular flexibility index (Phi) is 9.86. The molecule has 0 aromatic heterocycles. The molecule has 6 heteroatoms. The summed E-state index contributed by atoms with van der Waals surface area (Å²) in [5, 5.41) is 38.7. The minimum atomic E-state index is -0.819. The Labute approximate surface area is 142 Å². The molecule has 1 rings (SSSR count). The number of carbonyl (C=O) groups is 1. The molecular formula is C17H30O5S. The van der Waals surface area contributed by atoms with Gasteiger partial charge in [0.25, 0.3) is 0 Å². The molecule has 23 heavy (non-hydrogen) atoms. The standard InChI is InChI=1S/C17H30O5S/c1-2-3-7-12(18)11-23-17-13(14(19)10-15(17)20)8-5-4-6-9-16(21)22/h4-5,12-15,17-20H,2-3,6-11H2,1H3,(H,21,22). The average molecular weight is 346 g/mol. The number of carboxylic acid groups (broad SMARTS) is 1. The third-order valence-electron chi connectivity index (χ3n) is 4.25. The van der Waals surface area contributed by atoms with Gasteiger partial charge < -0.3 is 20.4 Å². The maximum atomic E-state index is 10.5. The maximum Gasteiger partial charge on any atom is 0.303 e. The fraction of sp³-hybridized carbons (Fsp3) is 0.824. The molecule has 5 atom stereocenters. The smallest absolute Gasteiger partial charge is 0.303 e. The molecule has 0 aromatic rings. The van der Waals surface area contributed by atoms with Crippen LogP contribution in [0.25, 0.3) is 0 Å². The van der Waals surface area contributed by atoms with Crippen LogP contribution < -0.4 is 0 Å². The summed E-state index contributed by atoms with van der Waals surface area (Å²) in [6.45, 7) is 2.09. The van der Waals surface area contributed by atoms with E-state index >= 15 is 0 Å². The zero-order chi connectivity index (χ0) is 17.2. The second-order valence-electron chi connectivity index (χ2n) is 6.27. The molecule has 1 saturated carbocycles. The van der Waals surface area contributed by atoms with Crippen LogP contribution in [0.4, 0.5) is 0 Å². The van der Waals surface area contributed by atoms with E-state index in [1.165, 1.54) is 0 Å². The van der Waals surface area contributed by atoms with Crippen molar-refractivity contribution in [3.63, 3.8) is 0 Å². The molecule has 0 aliphatic heterocycles. The Morgan fingerprint density at radius 1 is 1.30 bits per heavy atom. The Morgan fingerprint density at radius 2 is 2.04 bits per heavy atom. The van der Waals surface area contributed by atoms with Crippen LogP contribution >= 0.6 is 11.8 Å². The van der Waals surface area contributed by atoms with Gasteiger partial charge in [0.05, 0.1) is 18.3 Å². The number of hydrogen-bond donors (Lipinski definition) is 4. The van der Waals surface area contributed by atoms with Crippen molar-refractivity contribution in [2.24, 2.45) is 5.92 Å². The molecule has 0 amide bonds. The normalized spacial score (nSPS) is 29.2. The number of rotatable bonds is 11. The predicted molar refractivity (Wildman–Crippen MR) is 92.5 cm³/mol. The van der Waals surface area contributed by atoms with E-state index in [9.17, 15) is 20.1 Å². The van der Waals surface area contributed by atoms with E-state index in [4.69, 9.17) is 5.11 Å². The molecule has 4 N–H and O–H groups in total. The van der Waals surface area contributed by atoms with Crippen molar-refractivity contribution in [1.82, 2.24) is 0 Å². The van der Waals surface area contributed by atoms with E-state index in [0.717, 1.165) is 19.3 Å². The number of aliphatic hydroxyl groups excluding tert-OH is 3. The Balaban J connectivity index is 2.42. The van der Waals surface area contributed by atoms with Crippen LogP contribution in [0.3, 0.4) is 0 Å². The molecule has 134 valence electrons. The van der Waals surface area contributed by atoms with Crippen molar-refractivity contribution < 1.29 is 25.2 Å². The quantitative estimate of drug-likeness (QED) is 0.428. The Morgan fingerprint density at radius 3 is 2.70 bits per heavy atom. The summed E-state index contributed by atoms with van der Waals surface area (Å²) >= 11 is 1.54. The highest BCUT2D eigenvalue weighted by Gasteiger charge is 2.41. The predicted octanol–water partition coefficient (Wildman–Crippen LogP) is 2.19. The summed E-state index contributed by atoms with van der Waals surface area (Å²) < 4.78 is 0. The molecule has 0 spiro atoms. The number of carboxylic acids is 1. The number of aliphatic carboxylic acids is 1. The molecule has 1 aliphatic rings. The minimum absolute atomic E-state index is 0.0468. The zero-order valence-corrected chi connectivity index (χ0v) is 14.6. The van der Waals surface area contributed by atoms with Gasteiger partial charge in [-0.1, -0.05) is 31.9 Å². The summed E-state index contributed by atoms with van der Waals surface area (Å²) in [5.41, 5.74) is 0. The van der Waals surface area contributed by atoms with E-state index < -0.39 is 18.2 Å². The molecule has 0 heterocycles. The van der Waals surface area contributed by atoms with Crippen molar-refractivity contribution in [3.05, 3.63) is 12.2 Å². The minimum Gasteiger partial charge on any atom is -0.481 e. The first kappa shape index (κ1) is 20.5. The SMILES string of the molecule is CCCCC(O)CSC1C(O)CC(O)C1CC=CCCC(=O)O. The highest BCUT2D eigenvalue weighted by Crippen LogP contribution is 2.38. The van der Waals surface area contributed by atoms with Crippen LogP contribution in [0.1, 0.15) is 51.9 Å². The van der Waals surface area contributed by atoms with Crippen LogP contribution in [0.5, 0.6) is 0 Å². The highest BCUT2D eigenvalue weighted by molar-refractivity contribution is 8.00. The van der Waals surface area contributed by atoms with Crippen LogP contribution in [0, 0.1) is 5.92 Å². The van der Waals surface area contributed by atoms with E-state index in [0.29, 0.717) is 25.0 Å². The van der Waals surface area contributed by atoms with Crippen molar-refractivity contribution in [1.29, 1.82) is 0 Å². The van der Waals surface area contributed by atoms with Crippen LogP contribution in [-0.4, -0.2) is 55.7 Å². The van der Waals surface area contributed by atoms with Crippen molar-refractivity contribution in [3.8, 4) is 0 Å². The summed E-state index contributed by atoms with van der Waals surface area (Å²) in [5.74, 6) is -0.289. The number of allylic oxidation sites excluding steroid dienone is 2. The Hall–Kier alpha value is -0.560. The first-order valence-corrected chi connectivity index (χ1v) is 9.53. The molecule has 0 saturated heterocycles. The molecule has 5 nitrogen and oxygen atoms in total. The summed E-state index contributed by atoms with van der Waals surface area (Å²) in [7, 11) is 0. The molecule has 0 bridgehead atoms. The number of thioether (sulfide) groups is 1. The lowest BCUT2D eigenvalue weighted by molar-refractivity contribution is -0.136. The van der Waals surface area contributed by atoms with Crippen LogP contribution in [0.2, 0.25) is 0 Å². The first-order chi connectivity index (χ1) is 11.0. The fourth-order valence-electron chi connectivity index (χ4n) is 2.91. The van der Waals surface area contributed by atoms with Crippen LogP contribution in [-0.2, 0) is 4.79 Å². The van der Waals surface area contributed by atoms with E-state index in [1.54, 1.807) is 11.8 Å². The highest BCUT2D eigenvalue weighted by atomic mass is 32.2. The van der Waals surface area contributed by atoms with Crippen molar-refractivity contribution >= 4 is 17.7 Å². The lowest BCUT2D eigenvalue weighted by Crippen LogP contribution is -2.26. The number of unbranched alkanes of at least 4 members (excludes halogenated alkanes) is 1. The monoisotopic (exact) mass is 346 g/mol. The van der Waals surface area contributed by atoms with E-state index in [2.05, 4.69) is 6.92 Å². The average Bonchev–Trinajstić information content (AvgIpc) is 2.76. The van der Waals surface area contributed by atoms with Gasteiger partial charge >= 0.3 is 5.97 Å². The number of hydrogen-bond acceptors (Lipinski definition) is 5. The second kappa shape index (κ2) is 11.1. The first-order valence-electron chi connectivity index (χ1n) is 8.48. The van der Waals surface area contributed by atoms with Crippen molar-refractivity contribution in [2.45, 2.75) is 75.4 Å². The molecule has 0 aromatic carbocycles. The van der Waals surface area contributed by atoms with Gasteiger partial charge in [-0.25, -0.2) is 0 Å². The van der Waals surface area contributed by atoms with Gasteiger partial charge in [0, 0.05) is 29.8 Å². The summed E-state index contributed by atoms with van der Waals surface area (Å²) in [6, 6.07) is 0. The third kappa shape index (κ3) is 7.70. The second-order valence-corrected chi connectivity index (χ2v) is 7.48. The zero-order valence-electron chi connectivity index (χ0n) is 13.8. The number of aliphatic hydroxyl groups is 3. The van der Waals surface area contributed by atoms with Gasteiger partial charge in [-0.15, -0.1) is 0 Å². The molecule has 5 unspecified atom stereocenters. The van der Waals surface area contributed by atoms with Gasteiger partial charge in [-0.2, -0.15) is 11.8 Å². The molecule has 1 aliphatic carbocycles.